The lowest BCUT2D eigenvalue weighted by atomic mass is 9.94. The van der Waals surface area contributed by atoms with Gasteiger partial charge in [0.2, 0.25) is 0 Å². The first-order valence-electron chi connectivity index (χ1n) is 8.51. The Morgan fingerprint density at radius 2 is 1.76 bits per heavy atom. The van der Waals surface area contributed by atoms with E-state index in [0.29, 0.717) is 0 Å². The molecule has 3 nitrogen and oxygen atoms in total. The van der Waals surface area contributed by atoms with Gasteiger partial charge in [0.25, 0.3) is 0 Å². The van der Waals surface area contributed by atoms with Gasteiger partial charge in [-0.15, -0.1) is 0 Å². The fraction of sp³-hybridized carbons (Fsp3) is 0.667. The third kappa shape index (κ3) is 4.53. The highest BCUT2D eigenvalue weighted by atomic mass is 15.3. The first-order chi connectivity index (χ1) is 10.3. The van der Waals surface area contributed by atoms with Gasteiger partial charge in [-0.2, -0.15) is 0 Å². The maximum absolute atomic E-state index is 3.69. The van der Waals surface area contributed by atoms with Crippen LogP contribution in [0.15, 0.2) is 30.3 Å². The fourth-order valence-corrected chi connectivity index (χ4v) is 3.64. The van der Waals surface area contributed by atoms with Crippen molar-refractivity contribution in [2.45, 2.75) is 32.4 Å². The third-order valence-electron chi connectivity index (χ3n) is 4.95. The molecule has 2 fully saturated rings. The lowest BCUT2D eigenvalue weighted by Gasteiger charge is -2.38. The highest BCUT2D eigenvalue weighted by Crippen LogP contribution is 2.16. The van der Waals surface area contributed by atoms with Crippen molar-refractivity contribution >= 4 is 0 Å². The molecular weight excluding hydrogens is 258 g/mol. The summed E-state index contributed by atoms with van der Waals surface area (Å²) in [4.78, 5) is 5.24. The Morgan fingerprint density at radius 1 is 1.05 bits per heavy atom. The Morgan fingerprint density at radius 3 is 2.48 bits per heavy atom. The van der Waals surface area contributed by atoms with Crippen molar-refractivity contribution in [3.63, 3.8) is 0 Å². The van der Waals surface area contributed by atoms with Gasteiger partial charge in [0.1, 0.15) is 0 Å². The van der Waals surface area contributed by atoms with Crippen LogP contribution in [0.25, 0.3) is 0 Å². The Balaban J connectivity index is 1.40. The van der Waals surface area contributed by atoms with Crippen LogP contribution in [0.2, 0.25) is 0 Å². The lowest BCUT2D eigenvalue weighted by Crippen LogP contribution is -2.51. The van der Waals surface area contributed by atoms with Crippen LogP contribution in [0.1, 0.15) is 25.3 Å². The van der Waals surface area contributed by atoms with Crippen molar-refractivity contribution in [1.82, 2.24) is 15.1 Å². The zero-order valence-electron chi connectivity index (χ0n) is 13.3. The van der Waals surface area contributed by atoms with E-state index in [1.807, 2.05) is 0 Å². The first-order valence-corrected chi connectivity index (χ1v) is 8.51. The second-order valence-electron chi connectivity index (χ2n) is 6.84. The summed E-state index contributed by atoms with van der Waals surface area (Å²) >= 11 is 0. The van der Waals surface area contributed by atoms with Gasteiger partial charge in [-0.25, -0.2) is 0 Å². The van der Waals surface area contributed by atoms with Crippen LogP contribution in [-0.4, -0.2) is 55.1 Å². The Labute approximate surface area is 129 Å². The van der Waals surface area contributed by atoms with Gasteiger partial charge in [0.05, 0.1) is 0 Å². The van der Waals surface area contributed by atoms with Gasteiger partial charge < -0.3 is 5.32 Å². The molecule has 3 heteroatoms. The number of hydrogen-bond acceptors (Lipinski definition) is 3. The van der Waals surface area contributed by atoms with Crippen molar-refractivity contribution in [1.29, 1.82) is 0 Å². The number of rotatable bonds is 4. The van der Waals surface area contributed by atoms with Gasteiger partial charge >= 0.3 is 0 Å². The molecule has 2 aliphatic rings. The molecule has 2 aliphatic heterocycles. The normalized spacial score (nSPS) is 28.6. The standard InChI is InChI=1S/C18H29N3/c1-16-7-8-19-18(13-16)15-21-11-9-20(10-12-21)14-17-5-3-2-4-6-17/h2-6,16,18-19H,7-15H2,1H3. The average Bonchev–Trinajstić information content (AvgIpc) is 2.50. The summed E-state index contributed by atoms with van der Waals surface area (Å²) in [5.41, 5.74) is 1.44. The fourth-order valence-electron chi connectivity index (χ4n) is 3.64. The Hall–Kier alpha value is -0.900. The maximum Gasteiger partial charge on any atom is 0.0234 e. The quantitative estimate of drug-likeness (QED) is 0.916. The largest absolute Gasteiger partial charge is 0.313 e. The van der Waals surface area contributed by atoms with Crippen molar-refractivity contribution in [3.05, 3.63) is 35.9 Å². The molecule has 1 aromatic carbocycles. The van der Waals surface area contributed by atoms with E-state index in [4.69, 9.17) is 0 Å². The van der Waals surface area contributed by atoms with Gasteiger partial charge in [0, 0.05) is 45.3 Å². The SMILES string of the molecule is CC1CCNC(CN2CCN(Cc3ccccc3)CC2)C1. The summed E-state index contributed by atoms with van der Waals surface area (Å²) in [5, 5.41) is 3.69. The minimum Gasteiger partial charge on any atom is -0.313 e. The number of hydrogen-bond donors (Lipinski definition) is 1. The number of nitrogens with zero attached hydrogens (tertiary/aromatic N) is 2. The van der Waals surface area contributed by atoms with E-state index in [0.717, 1.165) is 18.5 Å². The number of piperazine rings is 1. The highest BCUT2D eigenvalue weighted by Gasteiger charge is 2.23. The van der Waals surface area contributed by atoms with Gasteiger partial charge in [0.15, 0.2) is 0 Å². The molecule has 0 bridgehead atoms. The van der Waals surface area contributed by atoms with Crippen molar-refractivity contribution in [3.8, 4) is 0 Å². The first kappa shape index (κ1) is 15.0. The molecule has 1 N–H and O–H groups in total. The molecule has 2 atom stereocenters. The monoisotopic (exact) mass is 287 g/mol. The van der Waals surface area contributed by atoms with Crippen molar-refractivity contribution in [2.24, 2.45) is 5.92 Å². The molecule has 1 aromatic rings. The van der Waals surface area contributed by atoms with Gasteiger partial charge in [-0.05, 0) is 30.9 Å². The second kappa shape index (κ2) is 7.39. The summed E-state index contributed by atoms with van der Waals surface area (Å²) in [6.07, 6.45) is 2.70. The second-order valence-corrected chi connectivity index (χ2v) is 6.84. The molecule has 0 amide bonds. The minimum absolute atomic E-state index is 0.717. The molecule has 3 rings (SSSR count). The van der Waals surface area contributed by atoms with Crippen LogP contribution in [-0.2, 0) is 6.54 Å². The molecule has 0 radical (unpaired) electrons. The Kier molecular flexibility index (Phi) is 5.28. The van der Waals surface area contributed by atoms with E-state index in [-0.39, 0.29) is 0 Å². The van der Waals surface area contributed by atoms with Gasteiger partial charge in [-0.3, -0.25) is 9.80 Å². The number of benzene rings is 1. The van der Waals surface area contributed by atoms with Crippen LogP contribution in [0, 0.1) is 5.92 Å². The Bertz CT molecular complexity index is 412. The molecule has 0 spiro atoms. The number of nitrogens with one attached hydrogen (secondary N) is 1. The van der Waals surface area contributed by atoms with E-state index < -0.39 is 0 Å². The lowest BCUT2D eigenvalue weighted by molar-refractivity contribution is 0.110. The van der Waals surface area contributed by atoms with E-state index in [1.54, 1.807) is 0 Å². The molecule has 2 heterocycles. The van der Waals surface area contributed by atoms with Crippen LogP contribution in [0.4, 0.5) is 0 Å². The minimum atomic E-state index is 0.717. The summed E-state index contributed by atoms with van der Waals surface area (Å²) in [7, 11) is 0. The van der Waals surface area contributed by atoms with E-state index in [9.17, 15) is 0 Å². The molecule has 0 aliphatic carbocycles. The van der Waals surface area contributed by atoms with Crippen LogP contribution in [0.5, 0.6) is 0 Å². The highest BCUT2D eigenvalue weighted by molar-refractivity contribution is 5.14. The van der Waals surface area contributed by atoms with Crippen molar-refractivity contribution in [2.75, 3.05) is 39.3 Å². The molecule has 0 aromatic heterocycles. The van der Waals surface area contributed by atoms with Crippen LogP contribution >= 0.6 is 0 Å². The van der Waals surface area contributed by atoms with Crippen molar-refractivity contribution < 1.29 is 0 Å². The molecular formula is C18H29N3. The van der Waals surface area contributed by atoms with Gasteiger partial charge in [-0.1, -0.05) is 37.3 Å². The van der Waals surface area contributed by atoms with E-state index in [1.165, 1.54) is 57.7 Å². The molecule has 2 unspecified atom stereocenters. The van der Waals surface area contributed by atoms with E-state index >= 15 is 0 Å². The maximum atomic E-state index is 3.69. The summed E-state index contributed by atoms with van der Waals surface area (Å²) in [5.74, 6) is 0.899. The predicted octanol–water partition coefficient (Wildman–Crippen LogP) is 2.19. The topological polar surface area (TPSA) is 18.5 Å². The smallest absolute Gasteiger partial charge is 0.0234 e. The third-order valence-corrected chi connectivity index (χ3v) is 4.95. The zero-order valence-corrected chi connectivity index (χ0v) is 13.3. The molecule has 116 valence electrons. The summed E-state index contributed by atoms with van der Waals surface area (Å²) < 4.78 is 0. The molecule has 0 saturated carbocycles. The molecule has 21 heavy (non-hydrogen) atoms. The predicted molar refractivity (Wildman–Crippen MR) is 88.3 cm³/mol. The van der Waals surface area contributed by atoms with E-state index in [2.05, 4.69) is 52.4 Å². The average molecular weight is 287 g/mol. The van der Waals surface area contributed by atoms with Crippen LogP contribution < -0.4 is 5.32 Å². The zero-order chi connectivity index (χ0) is 14.5. The van der Waals surface area contributed by atoms with Crippen LogP contribution in [0.3, 0.4) is 0 Å². The summed E-state index contributed by atoms with van der Waals surface area (Å²) in [6.45, 7) is 10.8. The molecule has 2 saturated heterocycles. The summed E-state index contributed by atoms with van der Waals surface area (Å²) in [6, 6.07) is 11.6. The number of piperidine rings is 1.